The molecule has 0 aliphatic heterocycles. The van der Waals surface area contributed by atoms with E-state index in [9.17, 15) is 13.6 Å². The van der Waals surface area contributed by atoms with Crippen LogP contribution in [0.1, 0.15) is 37.7 Å². The minimum Gasteiger partial charge on any atom is -0.435 e. The number of carbonyl (C=O) groups excluding carboxylic acids is 1. The van der Waals surface area contributed by atoms with E-state index >= 15 is 0 Å². The summed E-state index contributed by atoms with van der Waals surface area (Å²) in [5, 5.41) is 2.92. The third kappa shape index (κ3) is 3.76. The summed E-state index contributed by atoms with van der Waals surface area (Å²) in [5.74, 6) is 2.38. The Morgan fingerprint density at radius 2 is 2.00 bits per heavy atom. The van der Waals surface area contributed by atoms with E-state index in [1.54, 1.807) is 12.1 Å². The van der Waals surface area contributed by atoms with Gasteiger partial charge < -0.3 is 10.1 Å². The molecule has 120 valence electrons. The molecule has 0 saturated heterocycles. The molecule has 3 nitrogen and oxygen atoms in total. The molecule has 1 aromatic carbocycles. The maximum Gasteiger partial charge on any atom is 0.387 e. The molecule has 2 aliphatic rings. The first kappa shape index (κ1) is 15.3. The van der Waals surface area contributed by atoms with Gasteiger partial charge in [-0.3, -0.25) is 4.79 Å². The predicted octanol–water partition coefficient (Wildman–Crippen LogP) is 3.73. The maximum atomic E-state index is 12.1. The fraction of sp³-hybridized carbons (Fsp3) is 0.588. The minimum absolute atomic E-state index is 0.0884. The molecular formula is C17H21F2NO2. The van der Waals surface area contributed by atoms with E-state index in [4.69, 9.17) is 0 Å². The van der Waals surface area contributed by atoms with E-state index in [1.807, 2.05) is 0 Å². The summed E-state index contributed by atoms with van der Waals surface area (Å²) in [6.07, 6.45) is 5.76. The summed E-state index contributed by atoms with van der Waals surface area (Å²) >= 11 is 0. The molecule has 2 bridgehead atoms. The monoisotopic (exact) mass is 309 g/mol. The number of halogens is 2. The Morgan fingerprint density at radius 1 is 1.23 bits per heavy atom. The zero-order chi connectivity index (χ0) is 15.5. The predicted molar refractivity (Wildman–Crippen MR) is 78.5 cm³/mol. The van der Waals surface area contributed by atoms with Crippen LogP contribution >= 0.6 is 0 Å². The molecule has 3 atom stereocenters. The van der Waals surface area contributed by atoms with Crippen LogP contribution in [0.15, 0.2) is 24.3 Å². The lowest BCUT2D eigenvalue weighted by molar-refractivity contribution is -0.122. The van der Waals surface area contributed by atoms with E-state index in [0.717, 1.165) is 17.4 Å². The molecule has 0 spiro atoms. The minimum atomic E-state index is -2.81. The Morgan fingerprint density at radius 3 is 2.59 bits per heavy atom. The molecule has 1 amide bonds. The van der Waals surface area contributed by atoms with Gasteiger partial charge in [0, 0.05) is 13.0 Å². The smallest absolute Gasteiger partial charge is 0.387 e. The average molecular weight is 309 g/mol. The molecule has 0 radical (unpaired) electrons. The summed E-state index contributed by atoms with van der Waals surface area (Å²) < 4.78 is 28.4. The van der Waals surface area contributed by atoms with Crippen molar-refractivity contribution in [1.29, 1.82) is 0 Å². The van der Waals surface area contributed by atoms with E-state index in [0.29, 0.717) is 18.9 Å². The standard InChI is InChI=1S/C17H21F2NO2/c18-17(19)22-15-5-2-11(3-6-15)10-20-16(21)9-14-8-12-1-4-13(14)7-12/h2-3,5-6,12-14,17H,1,4,7-10H2,(H,20,21)/t12-,13-,14-/m0/s1. The molecule has 1 aromatic rings. The number of rotatable bonds is 6. The van der Waals surface area contributed by atoms with Gasteiger partial charge in [-0.25, -0.2) is 0 Å². The molecule has 5 heteroatoms. The van der Waals surface area contributed by atoms with Crippen LogP contribution in [0.5, 0.6) is 5.75 Å². The van der Waals surface area contributed by atoms with Crippen molar-refractivity contribution in [2.24, 2.45) is 17.8 Å². The summed E-state index contributed by atoms with van der Waals surface area (Å²) in [7, 11) is 0. The first-order valence-corrected chi connectivity index (χ1v) is 7.90. The molecule has 2 saturated carbocycles. The first-order valence-electron chi connectivity index (χ1n) is 7.90. The van der Waals surface area contributed by atoms with Crippen LogP contribution in [0.4, 0.5) is 8.78 Å². The van der Waals surface area contributed by atoms with E-state index in [1.165, 1.54) is 37.8 Å². The normalized spacial score (nSPS) is 26.4. The largest absolute Gasteiger partial charge is 0.435 e. The Hall–Kier alpha value is -1.65. The molecule has 3 rings (SSSR count). The number of fused-ring (bicyclic) bond motifs is 2. The summed E-state index contributed by atoms with van der Waals surface area (Å²) in [4.78, 5) is 12.0. The van der Waals surface area contributed by atoms with Crippen molar-refractivity contribution in [3.8, 4) is 5.75 Å². The second-order valence-electron chi connectivity index (χ2n) is 6.44. The number of ether oxygens (including phenoxy) is 1. The SMILES string of the molecule is O=C(C[C@@H]1C[C@H]2CC[C@H]1C2)NCc1ccc(OC(F)F)cc1. The molecule has 1 N–H and O–H groups in total. The highest BCUT2D eigenvalue weighted by Gasteiger charge is 2.39. The molecular weight excluding hydrogens is 288 g/mol. The van der Waals surface area contributed by atoms with Gasteiger partial charge in [-0.2, -0.15) is 8.78 Å². The van der Waals surface area contributed by atoms with Gasteiger partial charge >= 0.3 is 6.61 Å². The van der Waals surface area contributed by atoms with Crippen LogP contribution in [0.3, 0.4) is 0 Å². The highest BCUT2D eigenvalue weighted by atomic mass is 19.3. The lowest BCUT2D eigenvalue weighted by Crippen LogP contribution is -2.26. The van der Waals surface area contributed by atoms with Gasteiger partial charge in [-0.1, -0.05) is 18.6 Å². The zero-order valence-corrected chi connectivity index (χ0v) is 12.4. The third-order valence-electron chi connectivity index (χ3n) is 4.97. The highest BCUT2D eigenvalue weighted by molar-refractivity contribution is 5.76. The Bertz CT molecular complexity index is 518. The Balaban J connectivity index is 1.43. The summed E-state index contributed by atoms with van der Waals surface area (Å²) in [6.45, 7) is -2.39. The van der Waals surface area contributed by atoms with Gasteiger partial charge in [0.05, 0.1) is 0 Å². The number of benzene rings is 1. The van der Waals surface area contributed by atoms with Gasteiger partial charge in [0.25, 0.3) is 0 Å². The fourth-order valence-electron chi connectivity index (χ4n) is 3.93. The van der Waals surface area contributed by atoms with Crippen LogP contribution in [0.25, 0.3) is 0 Å². The topological polar surface area (TPSA) is 38.3 Å². The van der Waals surface area contributed by atoms with Crippen LogP contribution in [0.2, 0.25) is 0 Å². The zero-order valence-electron chi connectivity index (χ0n) is 12.4. The van der Waals surface area contributed by atoms with Crippen molar-refractivity contribution in [2.75, 3.05) is 0 Å². The van der Waals surface area contributed by atoms with Crippen molar-refractivity contribution in [3.05, 3.63) is 29.8 Å². The Labute approximate surface area is 129 Å². The molecule has 2 fully saturated rings. The molecule has 22 heavy (non-hydrogen) atoms. The number of hydrogen-bond donors (Lipinski definition) is 1. The second kappa shape index (κ2) is 6.63. The number of hydrogen-bond acceptors (Lipinski definition) is 2. The van der Waals surface area contributed by atoms with Crippen molar-refractivity contribution in [3.63, 3.8) is 0 Å². The van der Waals surface area contributed by atoms with Crippen LogP contribution < -0.4 is 10.1 Å². The summed E-state index contributed by atoms with van der Waals surface area (Å²) in [6, 6.07) is 6.36. The average Bonchev–Trinajstić information content (AvgIpc) is 3.08. The number of amides is 1. The molecule has 0 unspecified atom stereocenters. The van der Waals surface area contributed by atoms with E-state index in [2.05, 4.69) is 10.1 Å². The second-order valence-corrected chi connectivity index (χ2v) is 6.44. The van der Waals surface area contributed by atoms with Gasteiger partial charge in [0.2, 0.25) is 5.91 Å². The van der Waals surface area contributed by atoms with Crippen molar-refractivity contribution < 1.29 is 18.3 Å². The number of nitrogens with one attached hydrogen (secondary N) is 1. The quantitative estimate of drug-likeness (QED) is 0.869. The summed E-state index contributed by atoms with van der Waals surface area (Å²) in [5.41, 5.74) is 0.878. The van der Waals surface area contributed by atoms with Crippen molar-refractivity contribution in [2.45, 2.75) is 45.3 Å². The van der Waals surface area contributed by atoms with E-state index in [-0.39, 0.29) is 11.7 Å². The van der Waals surface area contributed by atoms with E-state index < -0.39 is 6.61 Å². The lowest BCUT2D eigenvalue weighted by Gasteiger charge is -2.20. The van der Waals surface area contributed by atoms with Crippen LogP contribution in [-0.2, 0) is 11.3 Å². The van der Waals surface area contributed by atoms with Gasteiger partial charge in [0.1, 0.15) is 5.75 Å². The highest BCUT2D eigenvalue weighted by Crippen LogP contribution is 2.49. The fourth-order valence-corrected chi connectivity index (χ4v) is 3.93. The number of alkyl halides is 2. The lowest BCUT2D eigenvalue weighted by atomic mass is 9.86. The Kier molecular flexibility index (Phi) is 4.60. The number of carbonyl (C=O) groups is 1. The van der Waals surface area contributed by atoms with Crippen molar-refractivity contribution >= 4 is 5.91 Å². The molecule has 0 heterocycles. The van der Waals surface area contributed by atoms with Crippen molar-refractivity contribution in [1.82, 2.24) is 5.32 Å². The third-order valence-corrected chi connectivity index (χ3v) is 4.97. The molecule has 0 aromatic heterocycles. The maximum absolute atomic E-state index is 12.1. The van der Waals surface area contributed by atoms with Crippen LogP contribution in [0, 0.1) is 17.8 Å². The molecule has 2 aliphatic carbocycles. The van der Waals surface area contributed by atoms with Crippen LogP contribution in [-0.4, -0.2) is 12.5 Å². The van der Waals surface area contributed by atoms with Gasteiger partial charge in [0.15, 0.2) is 0 Å². The first-order chi connectivity index (χ1) is 10.6. The van der Waals surface area contributed by atoms with Gasteiger partial charge in [-0.05, 0) is 54.7 Å². The van der Waals surface area contributed by atoms with Gasteiger partial charge in [-0.15, -0.1) is 0 Å².